The van der Waals surface area contributed by atoms with Crippen molar-refractivity contribution in [2.45, 2.75) is 44.3 Å². The molecule has 1 saturated heterocycles. The first-order chi connectivity index (χ1) is 23.2. The molecule has 15 nitrogen and oxygen atoms in total. The van der Waals surface area contributed by atoms with E-state index in [1.807, 2.05) is 0 Å². The number of aliphatic hydroxyl groups is 1. The zero-order chi connectivity index (χ0) is 35.5. The summed E-state index contributed by atoms with van der Waals surface area (Å²) in [5.41, 5.74) is 5.28. The van der Waals surface area contributed by atoms with Gasteiger partial charge in [0.25, 0.3) is 0 Å². The highest BCUT2D eigenvalue weighted by Crippen LogP contribution is 2.50. The lowest BCUT2D eigenvalue weighted by Gasteiger charge is -2.25. The molecule has 3 heterocycles. The van der Waals surface area contributed by atoms with E-state index >= 15 is 0 Å². The summed E-state index contributed by atoms with van der Waals surface area (Å²) in [7, 11) is -4.31. The highest BCUT2D eigenvalue weighted by atomic mass is 31.2. The van der Waals surface area contributed by atoms with Crippen LogP contribution in [0.15, 0.2) is 77.9 Å². The van der Waals surface area contributed by atoms with Crippen molar-refractivity contribution in [3.63, 3.8) is 0 Å². The van der Waals surface area contributed by atoms with Crippen molar-refractivity contribution < 1.29 is 46.3 Å². The third-order valence-electron chi connectivity index (χ3n) is 7.30. The standard InChI is InChI=1S/C30H30F3N6O9P/c1-3-36-49(44,45-16-25-27(40)30(32,33)28(47-25)38-13-12-26(34)37-29(38)41)48-17(2)19-6-11-23(39(42)43)24(14-19)46-21-9-10-22(35-15-21)18-4-7-20(31)8-5-18/h4-15,17,25,27-28,40H,3,16H2,1-2H3,(H,36,44)(H2,34,37,41). The topological polar surface area (TPSA) is 203 Å². The molecule has 0 amide bonds. The van der Waals surface area contributed by atoms with E-state index in [1.54, 1.807) is 25.1 Å². The largest absolute Gasteiger partial charge is 0.448 e. The number of rotatable bonds is 13. The summed E-state index contributed by atoms with van der Waals surface area (Å²) in [4.78, 5) is 30.9. The number of aliphatic hydroxyl groups excluding tert-OH is 1. The smallest absolute Gasteiger partial charge is 0.406 e. The van der Waals surface area contributed by atoms with Crippen molar-refractivity contribution in [2.24, 2.45) is 0 Å². The number of ether oxygens (including phenoxy) is 2. The Balaban J connectivity index is 1.30. The minimum absolute atomic E-state index is 0.0406. The predicted molar refractivity (Wildman–Crippen MR) is 167 cm³/mol. The van der Waals surface area contributed by atoms with Crippen LogP contribution in [0.1, 0.15) is 31.7 Å². The van der Waals surface area contributed by atoms with E-state index in [4.69, 9.17) is 24.3 Å². The van der Waals surface area contributed by atoms with Crippen LogP contribution in [0.2, 0.25) is 0 Å². The maximum absolute atomic E-state index is 15.0. The molecule has 1 aliphatic rings. The average molecular weight is 707 g/mol. The second-order valence-corrected chi connectivity index (χ2v) is 12.5. The molecule has 49 heavy (non-hydrogen) atoms. The fraction of sp³-hybridized carbons (Fsp3) is 0.300. The van der Waals surface area contributed by atoms with Gasteiger partial charge in [-0.1, -0.05) is 6.92 Å². The number of anilines is 1. The summed E-state index contributed by atoms with van der Waals surface area (Å²) >= 11 is 0. The molecule has 5 rings (SSSR count). The number of nitrogen functional groups attached to an aromatic ring is 1. The fourth-order valence-electron chi connectivity index (χ4n) is 4.83. The number of pyridine rings is 1. The predicted octanol–water partition coefficient (Wildman–Crippen LogP) is 5.13. The zero-order valence-corrected chi connectivity index (χ0v) is 26.7. The molecule has 1 fully saturated rings. The van der Waals surface area contributed by atoms with Crippen LogP contribution in [-0.4, -0.2) is 55.8 Å². The Labute approximate surface area is 276 Å². The minimum Gasteiger partial charge on any atom is -0.448 e. The number of aromatic nitrogens is 3. The monoisotopic (exact) mass is 706 g/mol. The lowest BCUT2D eigenvalue weighted by Crippen LogP contribution is -2.42. The van der Waals surface area contributed by atoms with E-state index in [9.17, 15) is 37.8 Å². The average Bonchev–Trinajstić information content (AvgIpc) is 3.28. The van der Waals surface area contributed by atoms with Gasteiger partial charge < -0.3 is 20.3 Å². The molecule has 2 aromatic heterocycles. The van der Waals surface area contributed by atoms with Crippen LogP contribution in [0.5, 0.6) is 11.5 Å². The van der Waals surface area contributed by atoms with Crippen LogP contribution >= 0.6 is 7.75 Å². The van der Waals surface area contributed by atoms with Gasteiger partial charge in [-0.25, -0.2) is 18.8 Å². The van der Waals surface area contributed by atoms with Crippen molar-refractivity contribution in [1.82, 2.24) is 19.6 Å². The maximum Gasteiger partial charge on any atom is 0.406 e. The van der Waals surface area contributed by atoms with Crippen LogP contribution < -0.4 is 21.2 Å². The molecule has 19 heteroatoms. The maximum atomic E-state index is 15.0. The molecule has 0 bridgehead atoms. The number of nitrogens with zero attached hydrogens (tertiary/aromatic N) is 4. The summed E-state index contributed by atoms with van der Waals surface area (Å²) in [5.74, 6) is -4.64. The number of hydrogen-bond acceptors (Lipinski definition) is 12. The number of halogens is 3. The number of nitro groups is 1. The van der Waals surface area contributed by atoms with Gasteiger partial charge in [0.1, 0.15) is 23.5 Å². The van der Waals surface area contributed by atoms with Gasteiger partial charge in [-0.3, -0.25) is 28.7 Å². The molecule has 0 radical (unpaired) electrons. The van der Waals surface area contributed by atoms with Gasteiger partial charge in [0.05, 0.1) is 29.5 Å². The van der Waals surface area contributed by atoms with Gasteiger partial charge in [0.15, 0.2) is 6.10 Å². The van der Waals surface area contributed by atoms with Crippen LogP contribution in [-0.2, 0) is 18.3 Å². The van der Waals surface area contributed by atoms with Crippen LogP contribution in [0.25, 0.3) is 11.3 Å². The van der Waals surface area contributed by atoms with Gasteiger partial charge in [-0.05, 0) is 67.1 Å². The summed E-state index contributed by atoms with van der Waals surface area (Å²) in [6.45, 7) is 2.22. The van der Waals surface area contributed by atoms with Gasteiger partial charge in [0.2, 0.25) is 12.0 Å². The number of hydrogen-bond donors (Lipinski definition) is 3. The van der Waals surface area contributed by atoms with Gasteiger partial charge >= 0.3 is 25.0 Å². The summed E-state index contributed by atoms with van der Waals surface area (Å²) in [6, 6.07) is 13.6. The lowest BCUT2D eigenvalue weighted by atomic mass is 10.1. The Morgan fingerprint density at radius 3 is 2.57 bits per heavy atom. The molecule has 4 aromatic rings. The lowest BCUT2D eigenvalue weighted by molar-refractivity contribution is -0.385. The zero-order valence-electron chi connectivity index (χ0n) is 25.8. The number of alkyl halides is 2. The number of benzene rings is 2. The molecule has 2 aromatic carbocycles. The van der Waals surface area contributed by atoms with E-state index < -0.39 is 66.9 Å². The van der Waals surface area contributed by atoms with Crippen molar-refractivity contribution in [2.75, 3.05) is 18.9 Å². The molecule has 1 aliphatic heterocycles. The first-order valence-corrected chi connectivity index (χ1v) is 16.2. The molecular weight excluding hydrogens is 676 g/mol. The molecule has 5 unspecified atom stereocenters. The molecule has 0 spiro atoms. The van der Waals surface area contributed by atoms with Crippen molar-refractivity contribution in [3.8, 4) is 22.8 Å². The third-order valence-corrected chi connectivity index (χ3v) is 9.08. The molecule has 0 saturated carbocycles. The number of nitrogens with two attached hydrogens (primary N) is 1. The first kappa shape index (κ1) is 35.6. The Hall–Kier alpha value is -4.71. The Morgan fingerprint density at radius 2 is 1.94 bits per heavy atom. The van der Waals surface area contributed by atoms with Crippen LogP contribution in [0.4, 0.5) is 24.7 Å². The SMILES string of the molecule is CCNP(=O)(OCC1OC(n2ccc(N)nc2=O)C(F)(F)C1O)OC(C)c1ccc([N+](=O)[O-])c(Oc2ccc(-c3ccc(F)cc3)nc2)c1. The number of nitro benzene ring substituents is 1. The first-order valence-electron chi connectivity index (χ1n) is 14.6. The van der Waals surface area contributed by atoms with Crippen LogP contribution in [0, 0.1) is 15.9 Å². The molecule has 260 valence electrons. The van der Waals surface area contributed by atoms with Crippen LogP contribution in [0.3, 0.4) is 0 Å². The highest BCUT2D eigenvalue weighted by molar-refractivity contribution is 7.51. The van der Waals surface area contributed by atoms with Gasteiger partial charge in [0, 0.05) is 24.4 Å². The highest BCUT2D eigenvalue weighted by Gasteiger charge is 2.60. The quantitative estimate of drug-likeness (QED) is 0.0938. The second-order valence-electron chi connectivity index (χ2n) is 10.7. The second kappa shape index (κ2) is 14.4. The summed E-state index contributed by atoms with van der Waals surface area (Å²) < 4.78 is 79.5. The molecular formula is C30H30F3N6O9P. The summed E-state index contributed by atoms with van der Waals surface area (Å²) in [5, 5.41) is 24.6. The Bertz CT molecular complexity index is 1920. The van der Waals surface area contributed by atoms with E-state index in [0.29, 0.717) is 15.8 Å². The fourth-order valence-corrected chi connectivity index (χ4v) is 6.33. The van der Waals surface area contributed by atoms with E-state index in [1.165, 1.54) is 43.5 Å². The summed E-state index contributed by atoms with van der Waals surface area (Å²) in [6.07, 6.45) is -5.29. The molecule has 0 aliphatic carbocycles. The third kappa shape index (κ3) is 7.96. The minimum atomic E-state index is -4.31. The van der Waals surface area contributed by atoms with E-state index in [-0.39, 0.29) is 29.4 Å². The number of nitrogens with one attached hydrogen (secondary N) is 1. The Morgan fingerprint density at radius 1 is 1.20 bits per heavy atom. The molecule has 4 N–H and O–H groups in total. The van der Waals surface area contributed by atoms with Gasteiger partial charge in [-0.2, -0.15) is 13.8 Å². The normalized spacial score (nSPS) is 20.4. The van der Waals surface area contributed by atoms with Crippen molar-refractivity contribution in [1.29, 1.82) is 0 Å². The Kier molecular flexibility index (Phi) is 10.5. The van der Waals surface area contributed by atoms with E-state index in [2.05, 4.69) is 15.1 Å². The van der Waals surface area contributed by atoms with Gasteiger partial charge in [-0.15, -0.1) is 0 Å². The van der Waals surface area contributed by atoms with Crippen molar-refractivity contribution in [3.05, 3.63) is 105 Å². The van der Waals surface area contributed by atoms with E-state index in [0.717, 1.165) is 18.3 Å². The van der Waals surface area contributed by atoms with Crippen molar-refractivity contribution >= 4 is 19.3 Å². The molecule has 5 atom stereocenters.